The van der Waals surface area contributed by atoms with Crippen LogP contribution in [-0.2, 0) is 14.8 Å². The first-order valence-corrected chi connectivity index (χ1v) is 10.8. The molecule has 28 heavy (non-hydrogen) atoms. The Morgan fingerprint density at radius 1 is 0.964 bits per heavy atom. The van der Waals surface area contributed by atoms with E-state index < -0.39 is 16.1 Å². The molecule has 0 aromatic heterocycles. The molecule has 0 spiro atoms. The Kier molecular flexibility index (Phi) is 6.05. The minimum absolute atomic E-state index is 0.130. The lowest BCUT2D eigenvalue weighted by atomic mass is 10.1. The molecule has 0 N–H and O–H groups in total. The average molecular weight is 403 g/mol. The van der Waals surface area contributed by atoms with Crippen LogP contribution in [-0.4, -0.2) is 55.8 Å². The molecule has 6 nitrogen and oxygen atoms in total. The highest BCUT2D eigenvalue weighted by atomic mass is 32.2. The Morgan fingerprint density at radius 3 is 2.21 bits per heavy atom. The lowest BCUT2D eigenvalue weighted by Crippen LogP contribution is -2.53. The number of benzene rings is 2. The molecule has 3 rings (SSSR count). The molecule has 0 saturated carbocycles. The summed E-state index contributed by atoms with van der Waals surface area (Å²) in [4.78, 5) is 14.7. The molecule has 0 radical (unpaired) electrons. The number of sulfonamides is 1. The Morgan fingerprint density at radius 2 is 1.61 bits per heavy atom. The molecular weight excluding hydrogens is 376 g/mol. The van der Waals surface area contributed by atoms with Crippen molar-refractivity contribution in [3.05, 3.63) is 59.7 Å². The number of nitrogens with zero attached hydrogens (tertiary/aromatic N) is 2. The summed E-state index contributed by atoms with van der Waals surface area (Å²) in [6.45, 7) is 7.01. The van der Waals surface area contributed by atoms with Gasteiger partial charge in [-0.15, -0.1) is 0 Å². The van der Waals surface area contributed by atoms with Gasteiger partial charge in [0.1, 0.15) is 5.75 Å². The summed E-state index contributed by atoms with van der Waals surface area (Å²) < 4.78 is 32.6. The summed E-state index contributed by atoms with van der Waals surface area (Å²) >= 11 is 0. The summed E-state index contributed by atoms with van der Waals surface area (Å²) in [6, 6.07) is 14.1. The highest BCUT2D eigenvalue weighted by molar-refractivity contribution is 7.89. The van der Waals surface area contributed by atoms with E-state index in [1.807, 2.05) is 32.0 Å². The highest BCUT2D eigenvalue weighted by Crippen LogP contribution is 2.20. The van der Waals surface area contributed by atoms with Gasteiger partial charge >= 0.3 is 0 Å². The number of amides is 1. The fraction of sp³-hybridized carbons (Fsp3) is 0.381. The maximum Gasteiger partial charge on any atom is 0.263 e. The number of aryl methyl sites for hydroxylation is 2. The zero-order chi connectivity index (χ0) is 20.3. The smallest absolute Gasteiger partial charge is 0.263 e. The Balaban J connectivity index is 1.59. The predicted molar refractivity (Wildman–Crippen MR) is 108 cm³/mol. The highest BCUT2D eigenvalue weighted by Gasteiger charge is 2.31. The number of carbonyl (C=O) groups is 1. The molecule has 1 saturated heterocycles. The van der Waals surface area contributed by atoms with Crippen LogP contribution in [0.4, 0.5) is 0 Å². The number of hydrogen-bond donors (Lipinski definition) is 0. The van der Waals surface area contributed by atoms with Crippen LogP contribution in [0, 0.1) is 13.8 Å². The molecule has 1 atom stereocenters. The Bertz CT molecular complexity index is 936. The summed E-state index contributed by atoms with van der Waals surface area (Å²) in [5.74, 6) is 0.532. The summed E-state index contributed by atoms with van der Waals surface area (Å²) in [5.41, 5.74) is 2.28. The van der Waals surface area contributed by atoms with Crippen LogP contribution in [0.25, 0.3) is 0 Å². The number of rotatable bonds is 5. The van der Waals surface area contributed by atoms with Gasteiger partial charge in [0.25, 0.3) is 5.91 Å². The topological polar surface area (TPSA) is 66.9 Å². The second-order valence-corrected chi connectivity index (χ2v) is 8.99. The third-order valence-corrected chi connectivity index (χ3v) is 6.98. The summed E-state index contributed by atoms with van der Waals surface area (Å²) in [5, 5.41) is 0. The van der Waals surface area contributed by atoms with Gasteiger partial charge < -0.3 is 9.64 Å². The first-order valence-electron chi connectivity index (χ1n) is 9.37. The Hall–Kier alpha value is -2.38. The minimum Gasteiger partial charge on any atom is -0.481 e. The molecule has 1 unspecified atom stereocenters. The van der Waals surface area contributed by atoms with Crippen molar-refractivity contribution in [1.82, 2.24) is 9.21 Å². The standard InChI is InChI=1S/C21H26N2O4S/c1-16-9-10-19(15-17(16)2)27-18(3)21(24)22-11-13-23(14-12-22)28(25,26)20-7-5-4-6-8-20/h4-10,15,18H,11-14H2,1-3H3. The number of hydrogen-bond acceptors (Lipinski definition) is 4. The summed E-state index contributed by atoms with van der Waals surface area (Å²) in [6.07, 6.45) is -0.626. The predicted octanol–water partition coefficient (Wildman–Crippen LogP) is 2.60. The van der Waals surface area contributed by atoms with Crippen molar-refractivity contribution in [2.75, 3.05) is 26.2 Å². The lowest BCUT2D eigenvalue weighted by molar-refractivity contribution is -0.139. The zero-order valence-corrected chi connectivity index (χ0v) is 17.3. The van der Waals surface area contributed by atoms with E-state index in [4.69, 9.17) is 4.74 Å². The van der Waals surface area contributed by atoms with E-state index in [1.54, 1.807) is 42.2 Å². The van der Waals surface area contributed by atoms with Gasteiger partial charge in [-0.25, -0.2) is 8.42 Å². The van der Waals surface area contributed by atoms with E-state index in [-0.39, 0.29) is 23.9 Å². The van der Waals surface area contributed by atoms with Gasteiger partial charge in [0.15, 0.2) is 6.10 Å². The van der Waals surface area contributed by atoms with Gasteiger partial charge in [-0.2, -0.15) is 4.31 Å². The first-order chi connectivity index (χ1) is 13.3. The molecule has 1 aliphatic heterocycles. The van der Waals surface area contributed by atoms with Gasteiger partial charge in [0.05, 0.1) is 4.90 Å². The van der Waals surface area contributed by atoms with Gasteiger partial charge in [-0.05, 0) is 56.2 Å². The van der Waals surface area contributed by atoms with E-state index in [0.717, 1.165) is 5.56 Å². The molecule has 2 aromatic rings. The second kappa shape index (κ2) is 8.32. The molecule has 1 amide bonds. The third-order valence-electron chi connectivity index (χ3n) is 5.07. The maximum absolute atomic E-state index is 12.7. The van der Waals surface area contributed by atoms with Crippen molar-refractivity contribution < 1.29 is 17.9 Å². The molecule has 7 heteroatoms. The van der Waals surface area contributed by atoms with Gasteiger partial charge in [-0.1, -0.05) is 24.3 Å². The quantitative estimate of drug-likeness (QED) is 0.771. The van der Waals surface area contributed by atoms with E-state index in [9.17, 15) is 13.2 Å². The normalized spacial score (nSPS) is 16.6. The number of ether oxygens (including phenoxy) is 1. The van der Waals surface area contributed by atoms with Crippen molar-refractivity contribution in [2.24, 2.45) is 0 Å². The van der Waals surface area contributed by atoms with Crippen LogP contribution in [0.2, 0.25) is 0 Å². The largest absolute Gasteiger partial charge is 0.481 e. The van der Waals surface area contributed by atoms with Crippen molar-refractivity contribution in [2.45, 2.75) is 31.8 Å². The van der Waals surface area contributed by atoms with Gasteiger partial charge in [-0.3, -0.25) is 4.79 Å². The summed E-state index contributed by atoms with van der Waals surface area (Å²) in [7, 11) is -3.52. The minimum atomic E-state index is -3.52. The molecule has 1 heterocycles. The van der Waals surface area contributed by atoms with Gasteiger partial charge in [0.2, 0.25) is 10.0 Å². The van der Waals surface area contributed by atoms with E-state index in [0.29, 0.717) is 18.8 Å². The average Bonchev–Trinajstić information content (AvgIpc) is 2.71. The fourth-order valence-corrected chi connectivity index (χ4v) is 4.63. The van der Waals surface area contributed by atoms with Gasteiger partial charge in [0, 0.05) is 26.2 Å². The third kappa shape index (κ3) is 4.36. The Labute approximate surface area is 166 Å². The van der Waals surface area contributed by atoms with E-state index in [2.05, 4.69) is 0 Å². The van der Waals surface area contributed by atoms with Crippen LogP contribution in [0.3, 0.4) is 0 Å². The molecule has 150 valence electrons. The molecule has 1 fully saturated rings. The van der Waals surface area contributed by atoms with E-state index >= 15 is 0 Å². The maximum atomic E-state index is 12.7. The molecule has 0 bridgehead atoms. The van der Waals surface area contributed by atoms with Crippen LogP contribution in [0.1, 0.15) is 18.1 Å². The van der Waals surface area contributed by atoms with Crippen molar-refractivity contribution in [3.8, 4) is 5.75 Å². The van der Waals surface area contributed by atoms with Crippen molar-refractivity contribution >= 4 is 15.9 Å². The molecule has 0 aliphatic carbocycles. The second-order valence-electron chi connectivity index (χ2n) is 7.05. The first kappa shape index (κ1) is 20.4. The lowest BCUT2D eigenvalue weighted by Gasteiger charge is -2.35. The van der Waals surface area contributed by atoms with E-state index in [1.165, 1.54) is 9.87 Å². The van der Waals surface area contributed by atoms with Crippen LogP contribution in [0.5, 0.6) is 5.75 Å². The monoisotopic (exact) mass is 402 g/mol. The number of carbonyl (C=O) groups excluding carboxylic acids is 1. The molecule has 2 aromatic carbocycles. The van der Waals surface area contributed by atoms with Crippen molar-refractivity contribution in [3.63, 3.8) is 0 Å². The van der Waals surface area contributed by atoms with Crippen LogP contribution >= 0.6 is 0 Å². The number of piperazine rings is 1. The molecule has 1 aliphatic rings. The van der Waals surface area contributed by atoms with Crippen LogP contribution in [0.15, 0.2) is 53.4 Å². The van der Waals surface area contributed by atoms with Crippen LogP contribution < -0.4 is 4.74 Å². The zero-order valence-electron chi connectivity index (χ0n) is 16.5. The SMILES string of the molecule is Cc1ccc(OC(C)C(=O)N2CCN(S(=O)(=O)c3ccccc3)CC2)cc1C. The molecular formula is C21H26N2O4S. The van der Waals surface area contributed by atoms with Crippen molar-refractivity contribution in [1.29, 1.82) is 0 Å². The fourth-order valence-electron chi connectivity index (χ4n) is 3.19.